The first-order valence-corrected chi connectivity index (χ1v) is 11.4. The van der Waals surface area contributed by atoms with Gasteiger partial charge in [0, 0.05) is 0 Å². The third-order valence-corrected chi connectivity index (χ3v) is 5.50. The standard InChI is InChI=1S/C30H24N2O4/c1-21(23-13-5-3-6-14-23)31-35-29(33)27-19-11-9-17-25(27)26-18-10-12-20-28(26)30(34)36-32-22(2)24-15-7-4-8-16-24/h3-20H,1-2H3/b31-21+,32-22+. The Hall–Kier alpha value is -4.84. The summed E-state index contributed by atoms with van der Waals surface area (Å²) in [6.45, 7) is 3.52. The molecule has 0 fully saturated rings. The van der Waals surface area contributed by atoms with Crippen molar-refractivity contribution in [3.8, 4) is 11.1 Å². The first kappa shape index (κ1) is 24.3. The van der Waals surface area contributed by atoms with Crippen molar-refractivity contribution in [1.29, 1.82) is 0 Å². The Morgan fingerprint density at radius 1 is 0.500 bits per heavy atom. The first-order valence-electron chi connectivity index (χ1n) is 11.4. The van der Waals surface area contributed by atoms with E-state index in [4.69, 9.17) is 9.68 Å². The van der Waals surface area contributed by atoms with Crippen LogP contribution in [0.5, 0.6) is 0 Å². The molecule has 4 rings (SSSR count). The monoisotopic (exact) mass is 476 g/mol. The summed E-state index contributed by atoms with van der Waals surface area (Å²) in [5, 5.41) is 8.00. The molecule has 0 N–H and O–H groups in total. The smallest absolute Gasteiger partial charge is 0.313 e. The van der Waals surface area contributed by atoms with Crippen LogP contribution in [0.1, 0.15) is 45.7 Å². The third kappa shape index (κ3) is 5.80. The summed E-state index contributed by atoms with van der Waals surface area (Å²) in [5.41, 5.74) is 4.40. The number of rotatable bonds is 7. The number of hydrogen-bond acceptors (Lipinski definition) is 6. The zero-order chi connectivity index (χ0) is 25.3. The molecule has 6 nitrogen and oxygen atoms in total. The largest absolute Gasteiger partial charge is 0.366 e. The molecule has 0 aliphatic carbocycles. The Kier molecular flexibility index (Phi) is 7.78. The number of carbonyl (C=O) groups is 2. The van der Waals surface area contributed by atoms with E-state index >= 15 is 0 Å². The average molecular weight is 477 g/mol. The molecule has 0 saturated heterocycles. The fourth-order valence-corrected chi connectivity index (χ4v) is 3.57. The van der Waals surface area contributed by atoms with Gasteiger partial charge in [0.25, 0.3) is 0 Å². The quantitative estimate of drug-likeness (QED) is 0.173. The number of hydrogen-bond donors (Lipinski definition) is 0. The third-order valence-electron chi connectivity index (χ3n) is 5.50. The lowest BCUT2D eigenvalue weighted by Crippen LogP contribution is -2.09. The first-order chi connectivity index (χ1) is 17.5. The summed E-state index contributed by atoms with van der Waals surface area (Å²) < 4.78 is 0. The highest BCUT2D eigenvalue weighted by atomic mass is 16.7. The van der Waals surface area contributed by atoms with Gasteiger partial charge in [0.15, 0.2) is 0 Å². The Labute approximate surface area is 209 Å². The van der Waals surface area contributed by atoms with E-state index in [1.807, 2.05) is 60.7 Å². The lowest BCUT2D eigenvalue weighted by Gasteiger charge is -2.11. The molecule has 0 spiro atoms. The van der Waals surface area contributed by atoms with E-state index in [-0.39, 0.29) is 11.1 Å². The number of oxime groups is 2. The van der Waals surface area contributed by atoms with Gasteiger partial charge in [-0.05, 0) is 48.2 Å². The molecule has 36 heavy (non-hydrogen) atoms. The van der Waals surface area contributed by atoms with Crippen molar-refractivity contribution in [2.24, 2.45) is 10.3 Å². The predicted molar refractivity (Wildman–Crippen MR) is 140 cm³/mol. The highest BCUT2D eigenvalue weighted by Crippen LogP contribution is 2.28. The number of carbonyl (C=O) groups excluding carboxylic acids is 2. The van der Waals surface area contributed by atoms with Gasteiger partial charge in [-0.3, -0.25) is 0 Å². The van der Waals surface area contributed by atoms with Gasteiger partial charge in [-0.2, -0.15) is 0 Å². The molecule has 6 heteroatoms. The van der Waals surface area contributed by atoms with E-state index in [0.717, 1.165) is 11.1 Å². The van der Waals surface area contributed by atoms with Crippen molar-refractivity contribution >= 4 is 23.4 Å². The maximum atomic E-state index is 13.0. The van der Waals surface area contributed by atoms with Crippen LogP contribution in [0.25, 0.3) is 11.1 Å². The fourth-order valence-electron chi connectivity index (χ4n) is 3.57. The topological polar surface area (TPSA) is 77.3 Å². The van der Waals surface area contributed by atoms with Crippen LogP contribution in [0, 0.1) is 0 Å². The molecule has 0 radical (unpaired) electrons. The van der Waals surface area contributed by atoms with E-state index in [1.54, 1.807) is 62.4 Å². The van der Waals surface area contributed by atoms with E-state index in [2.05, 4.69) is 10.3 Å². The van der Waals surface area contributed by atoms with Crippen LogP contribution in [-0.4, -0.2) is 23.4 Å². The molecule has 0 atom stereocenters. The van der Waals surface area contributed by atoms with Gasteiger partial charge in [0.2, 0.25) is 0 Å². The Balaban J connectivity index is 1.59. The van der Waals surface area contributed by atoms with Crippen LogP contribution in [0.15, 0.2) is 120 Å². The lowest BCUT2D eigenvalue weighted by atomic mass is 9.95. The van der Waals surface area contributed by atoms with Gasteiger partial charge < -0.3 is 9.68 Å². The molecule has 0 amide bonds. The minimum absolute atomic E-state index is 0.270. The minimum Gasteiger partial charge on any atom is -0.313 e. The Morgan fingerprint density at radius 2 is 0.833 bits per heavy atom. The number of benzene rings is 4. The van der Waals surface area contributed by atoms with Crippen molar-refractivity contribution in [1.82, 2.24) is 0 Å². The van der Waals surface area contributed by atoms with Crippen molar-refractivity contribution in [2.45, 2.75) is 13.8 Å². The van der Waals surface area contributed by atoms with Crippen LogP contribution in [0.4, 0.5) is 0 Å². The molecular formula is C30H24N2O4. The second-order valence-electron chi connectivity index (χ2n) is 7.93. The van der Waals surface area contributed by atoms with Gasteiger partial charge in [-0.1, -0.05) is 107 Å². The molecule has 4 aromatic rings. The van der Waals surface area contributed by atoms with E-state index in [1.165, 1.54) is 0 Å². The molecule has 4 aromatic carbocycles. The Morgan fingerprint density at radius 3 is 1.22 bits per heavy atom. The summed E-state index contributed by atoms with van der Waals surface area (Å²) in [6, 6.07) is 32.6. The highest BCUT2D eigenvalue weighted by molar-refractivity contribution is 6.04. The summed E-state index contributed by atoms with van der Waals surface area (Å²) >= 11 is 0. The van der Waals surface area contributed by atoms with Crippen molar-refractivity contribution in [3.05, 3.63) is 131 Å². The molecule has 0 saturated carbocycles. The number of nitrogens with zero attached hydrogens (tertiary/aromatic N) is 2. The van der Waals surface area contributed by atoms with E-state index in [9.17, 15) is 9.59 Å². The Bertz CT molecular complexity index is 1320. The molecule has 0 aliphatic heterocycles. The summed E-state index contributed by atoms with van der Waals surface area (Å²) in [4.78, 5) is 36.4. The summed E-state index contributed by atoms with van der Waals surface area (Å²) in [6.07, 6.45) is 0. The maximum absolute atomic E-state index is 13.0. The van der Waals surface area contributed by atoms with Gasteiger partial charge in [-0.15, -0.1) is 0 Å². The summed E-state index contributed by atoms with van der Waals surface area (Å²) in [7, 11) is 0. The lowest BCUT2D eigenvalue weighted by molar-refractivity contribution is 0.0506. The molecule has 0 aromatic heterocycles. The predicted octanol–water partition coefficient (Wildman–Crippen LogP) is 6.52. The zero-order valence-corrected chi connectivity index (χ0v) is 19.9. The molecule has 0 unspecified atom stereocenters. The van der Waals surface area contributed by atoms with E-state index < -0.39 is 11.9 Å². The average Bonchev–Trinajstić information content (AvgIpc) is 2.95. The molecule has 178 valence electrons. The normalized spacial score (nSPS) is 11.6. The van der Waals surface area contributed by atoms with Crippen molar-refractivity contribution < 1.29 is 19.3 Å². The van der Waals surface area contributed by atoms with Crippen LogP contribution < -0.4 is 0 Å². The molecule has 0 bridgehead atoms. The second kappa shape index (κ2) is 11.5. The van der Waals surface area contributed by atoms with Crippen molar-refractivity contribution in [2.75, 3.05) is 0 Å². The second-order valence-corrected chi connectivity index (χ2v) is 7.93. The van der Waals surface area contributed by atoms with E-state index in [0.29, 0.717) is 22.6 Å². The molecular weight excluding hydrogens is 452 g/mol. The van der Waals surface area contributed by atoms with Crippen LogP contribution in [0.2, 0.25) is 0 Å². The summed E-state index contributed by atoms with van der Waals surface area (Å²) in [5.74, 6) is -1.27. The van der Waals surface area contributed by atoms with Gasteiger partial charge >= 0.3 is 11.9 Å². The van der Waals surface area contributed by atoms with Crippen molar-refractivity contribution in [3.63, 3.8) is 0 Å². The van der Waals surface area contributed by atoms with Crippen LogP contribution in [-0.2, 0) is 9.68 Å². The van der Waals surface area contributed by atoms with Gasteiger partial charge in [0.1, 0.15) is 0 Å². The minimum atomic E-state index is -0.637. The maximum Gasteiger partial charge on any atom is 0.366 e. The van der Waals surface area contributed by atoms with Gasteiger partial charge in [0.05, 0.1) is 22.6 Å². The zero-order valence-electron chi connectivity index (χ0n) is 19.9. The SMILES string of the molecule is C/C(=N\OC(=O)c1ccccc1-c1ccccc1C(=O)O/N=C(\C)c1ccccc1)c1ccccc1. The molecule has 0 aliphatic rings. The van der Waals surface area contributed by atoms with Crippen LogP contribution in [0.3, 0.4) is 0 Å². The highest BCUT2D eigenvalue weighted by Gasteiger charge is 2.20. The molecule has 0 heterocycles. The fraction of sp³-hybridized carbons (Fsp3) is 0.0667. The van der Waals surface area contributed by atoms with Crippen LogP contribution >= 0.6 is 0 Å². The van der Waals surface area contributed by atoms with Gasteiger partial charge in [-0.25, -0.2) is 9.59 Å².